The third-order valence-corrected chi connectivity index (χ3v) is 5.79. The fourth-order valence-electron chi connectivity index (χ4n) is 3.71. The van der Waals surface area contributed by atoms with Crippen molar-refractivity contribution in [3.63, 3.8) is 0 Å². The standard InChI is InChI=1S/C27H26O5/c28-25(22-12-6-2-7-13-22)31-18-24-16-27(24,19-30-17-21-10-4-1-5-11-21)20-32-26(29)23-14-8-3-9-15-23/h1-15,24H,16-20H2/t24-,27-/m0/s1. The number of hydrogen-bond donors (Lipinski definition) is 0. The summed E-state index contributed by atoms with van der Waals surface area (Å²) in [5.41, 5.74) is 1.77. The first-order valence-electron chi connectivity index (χ1n) is 10.7. The second kappa shape index (κ2) is 10.2. The summed E-state index contributed by atoms with van der Waals surface area (Å²) in [5, 5.41) is 0. The van der Waals surface area contributed by atoms with E-state index >= 15 is 0 Å². The molecule has 32 heavy (non-hydrogen) atoms. The molecule has 0 N–H and O–H groups in total. The fraction of sp³-hybridized carbons (Fsp3) is 0.259. The predicted molar refractivity (Wildman–Crippen MR) is 120 cm³/mol. The molecule has 1 aliphatic rings. The van der Waals surface area contributed by atoms with Crippen LogP contribution in [-0.4, -0.2) is 31.8 Å². The van der Waals surface area contributed by atoms with Gasteiger partial charge in [-0.2, -0.15) is 0 Å². The fourth-order valence-corrected chi connectivity index (χ4v) is 3.71. The first kappa shape index (κ1) is 21.8. The SMILES string of the molecule is O=C(OC[C@@H]1C[C@]1(COCc1ccccc1)COC(=O)c1ccccc1)c1ccccc1. The summed E-state index contributed by atoms with van der Waals surface area (Å²) in [6, 6.07) is 27.8. The van der Waals surface area contributed by atoms with Crippen LogP contribution in [0.1, 0.15) is 32.7 Å². The Morgan fingerprint density at radius 3 is 1.84 bits per heavy atom. The molecule has 0 saturated heterocycles. The van der Waals surface area contributed by atoms with E-state index in [1.54, 1.807) is 48.5 Å². The van der Waals surface area contributed by atoms with Crippen LogP contribution in [0, 0.1) is 11.3 Å². The van der Waals surface area contributed by atoms with Crippen molar-refractivity contribution in [2.24, 2.45) is 11.3 Å². The van der Waals surface area contributed by atoms with E-state index in [2.05, 4.69) is 0 Å². The quantitative estimate of drug-likeness (QED) is 0.427. The lowest BCUT2D eigenvalue weighted by atomic mass is 10.1. The topological polar surface area (TPSA) is 61.8 Å². The molecule has 0 heterocycles. The Balaban J connectivity index is 1.34. The zero-order valence-electron chi connectivity index (χ0n) is 17.8. The Morgan fingerprint density at radius 2 is 1.25 bits per heavy atom. The van der Waals surface area contributed by atoms with Crippen LogP contribution in [-0.2, 0) is 20.8 Å². The molecule has 2 atom stereocenters. The summed E-state index contributed by atoms with van der Waals surface area (Å²) in [7, 11) is 0. The van der Waals surface area contributed by atoms with Gasteiger partial charge in [-0.25, -0.2) is 9.59 Å². The molecule has 0 radical (unpaired) electrons. The van der Waals surface area contributed by atoms with E-state index < -0.39 is 0 Å². The van der Waals surface area contributed by atoms with Gasteiger partial charge in [0.25, 0.3) is 0 Å². The highest BCUT2D eigenvalue weighted by Gasteiger charge is 2.56. The Morgan fingerprint density at radius 1 is 0.719 bits per heavy atom. The van der Waals surface area contributed by atoms with Gasteiger partial charge in [0.2, 0.25) is 0 Å². The molecular formula is C27H26O5. The highest BCUT2D eigenvalue weighted by atomic mass is 16.5. The van der Waals surface area contributed by atoms with Crippen molar-refractivity contribution in [1.29, 1.82) is 0 Å². The van der Waals surface area contributed by atoms with Crippen molar-refractivity contribution in [3.05, 3.63) is 108 Å². The Hall–Kier alpha value is -3.44. The van der Waals surface area contributed by atoms with Crippen molar-refractivity contribution >= 4 is 11.9 Å². The van der Waals surface area contributed by atoms with E-state index in [9.17, 15) is 9.59 Å². The number of hydrogen-bond acceptors (Lipinski definition) is 5. The van der Waals surface area contributed by atoms with Crippen molar-refractivity contribution in [3.8, 4) is 0 Å². The van der Waals surface area contributed by atoms with Crippen molar-refractivity contribution < 1.29 is 23.8 Å². The van der Waals surface area contributed by atoms with Gasteiger partial charge in [0.05, 0.1) is 37.6 Å². The second-order valence-electron chi connectivity index (χ2n) is 8.15. The highest BCUT2D eigenvalue weighted by molar-refractivity contribution is 5.89. The molecule has 1 saturated carbocycles. The smallest absolute Gasteiger partial charge is 0.338 e. The molecule has 3 aromatic carbocycles. The first-order valence-corrected chi connectivity index (χ1v) is 10.7. The van der Waals surface area contributed by atoms with Crippen LogP contribution < -0.4 is 0 Å². The molecule has 0 unspecified atom stereocenters. The van der Waals surface area contributed by atoms with Crippen molar-refractivity contribution in [2.45, 2.75) is 13.0 Å². The summed E-state index contributed by atoms with van der Waals surface area (Å²) in [6.45, 7) is 1.40. The zero-order chi connectivity index (χ0) is 22.2. The van der Waals surface area contributed by atoms with Crippen molar-refractivity contribution in [1.82, 2.24) is 0 Å². The van der Waals surface area contributed by atoms with Gasteiger partial charge >= 0.3 is 11.9 Å². The lowest BCUT2D eigenvalue weighted by Crippen LogP contribution is -2.24. The van der Waals surface area contributed by atoms with E-state index in [1.807, 2.05) is 42.5 Å². The van der Waals surface area contributed by atoms with Gasteiger partial charge in [0.15, 0.2) is 0 Å². The minimum atomic E-state index is -0.361. The lowest BCUT2D eigenvalue weighted by molar-refractivity contribution is 0.00795. The molecule has 4 rings (SSSR count). The van der Waals surface area contributed by atoms with Crippen molar-refractivity contribution in [2.75, 3.05) is 19.8 Å². The maximum absolute atomic E-state index is 12.4. The summed E-state index contributed by atoms with van der Waals surface area (Å²) in [4.78, 5) is 24.7. The summed E-state index contributed by atoms with van der Waals surface area (Å²) in [5.74, 6) is -0.632. The molecular weight excluding hydrogens is 404 g/mol. The Bertz CT molecular complexity index is 1020. The largest absolute Gasteiger partial charge is 0.462 e. The molecule has 0 aromatic heterocycles. The van der Waals surface area contributed by atoms with Crippen LogP contribution >= 0.6 is 0 Å². The molecule has 164 valence electrons. The number of ether oxygens (including phenoxy) is 3. The average molecular weight is 431 g/mol. The number of carbonyl (C=O) groups is 2. The van der Waals surface area contributed by atoms with E-state index in [0.717, 1.165) is 12.0 Å². The third-order valence-electron chi connectivity index (χ3n) is 5.79. The molecule has 0 bridgehead atoms. The number of carbonyl (C=O) groups excluding carboxylic acids is 2. The summed E-state index contributed by atoms with van der Waals surface area (Å²) < 4.78 is 17.1. The molecule has 0 amide bonds. The summed E-state index contributed by atoms with van der Waals surface area (Å²) in [6.07, 6.45) is 0.770. The molecule has 0 aliphatic heterocycles. The number of benzene rings is 3. The van der Waals surface area contributed by atoms with Gasteiger partial charge in [0.1, 0.15) is 0 Å². The number of esters is 2. The van der Waals surface area contributed by atoms with Gasteiger partial charge in [-0.3, -0.25) is 0 Å². The highest BCUT2D eigenvalue weighted by Crippen LogP contribution is 2.53. The second-order valence-corrected chi connectivity index (χ2v) is 8.15. The molecule has 0 spiro atoms. The van der Waals surface area contributed by atoms with Crippen LogP contribution in [0.25, 0.3) is 0 Å². The monoisotopic (exact) mass is 430 g/mol. The van der Waals surface area contributed by atoms with Gasteiger partial charge in [0, 0.05) is 11.3 Å². The minimum absolute atomic E-state index is 0.0782. The third kappa shape index (κ3) is 5.62. The van der Waals surface area contributed by atoms with Gasteiger partial charge < -0.3 is 14.2 Å². The van der Waals surface area contributed by atoms with Crippen LogP contribution in [0.5, 0.6) is 0 Å². The Kier molecular flexibility index (Phi) is 6.97. The normalized spacial score (nSPS) is 19.2. The molecule has 5 nitrogen and oxygen atoms in total. The predicted octanol–water partition coefficient (Wildman–Crippen LogP) is 4.92. The Labute approximate surface area is 187 Å². The van der Waals surface area contributed by atoms with E-state index in [0.29, 0.717) is 24.3 Å². The van der Waals surface area contributed by atoms with Gasteiger partial charge in [-0.1, -0.05) is 66.7 Å². The van der Waals surface area contributed by atoms with Crippen LogP contribution in [0.15, 0.2) is 91.0 Å². The maximum Gasteiger partial charge on any atom is 0.338 e. The molecule has 3 aromatic rings. The first-order chi connectivity index (χ1) is 15.7. The van der Waals surface area contributed by atoms with Crippen LogP contribution in [0.4, 0.5) is 0 Å². The van der Waals surface area contributed by atoms with Gasteiger partial charge in [-0.15, -0.1) is 0 Å². The zero-order valence-corrected chi connectivity index (χ0v) is 17.8. The minimum Gasteiger partial charge on any atom is -0.462 e. The van der Waals surface area contributed by atoms with Crippen LogP contribution in [0.2, 0.25) is 0 Å². The van der Waals surface area contributed by atoms with Gasteiger partial charge in [-0.05, 0) is 36.2 Å². The maximum atomic E-state index is 12.4. The molecule has 1 fully saturated rings. The van der Waals surface area contributed by atoms with E-state index in [1.165, 1.54) is 0 Å². The molecule has 5 heteroatoms. The average Bonchev–Trinajstić information content (AvgIpc) is 3.55. The summed E-state index contributed by atoms with van der Waals surface area (Å²) >= 11 is 0. The van der Waals surface area contributed by atoms with Crippen LogP contribution in [0.3, 0.4) is 0 Å². The lowest BCUT2D eigenvalue weighted by Gasteiger charge is -2.18. The van der Waals surface area contributed by atoms with E-state index in [4.69, 9.17) is 14.2 Å². The molecule has 1 aliphatic carbocycles. The van der Waals surface area contributed by atoms with E-state index in [-0.39, 0.29) is 36.5 Å². The number of rotatable bonds is 10.